The van der Waals surface area contributed by atoms with Crippen LogP contribution in [0.1, 0.15) is 63.8 Å². The smallest absolute Gasteiger partial charge is 0.192 e. The highest BCUT2D eigenvalue weighted by atomic mass is 16.5. The van der Waals surface area contributed by atoms with Crippen LogP contribution in [0.2, 0.25) is 0 Å². The molecule has 3 rings (SSSR count). The van der Waals surface area contributed by atoms with Crippen LogP contribution >= 0.6 is 0 Å². The standard InChI is InChI=1S/C24H38N6O/c1-17(19-11-8-7-9-12-19)27-23(26-16-21-29-28-18(2)30(21)6)25-15-20-13-10-14-31-22(20)24(3,4)5/h7-9,11-12,17,20,22H,10,13-16H2,1-6H3,(H2,25,26,27). The molecule has 1 aromatic carbocycles. The van der Waals surface area contributed by atoms with Gasteiger partial charge in [-0.2, -0.15) is 0 Å². The molecule has 1 fully saturated rings. The maximum Gasteiger partial charge on any atom is 0.192 e. The Bertz CT molecular complexity index is 855. The van der Waals surface area contributed by atoms with Gasteiger partial charge in [0.15, 0.2) is 11.8 Å². The van der Waals surface area contributed by atoms with Crippen molar-refractivity contribution in [2.75, 3.05) is 13.2 Å². The fourth-order valence-corrected chi connectivity index (χ4v) is 4.16. The van der Waals surface area contributed by atoms with Crippen molar-refractivity contribution >= 4 is 5.96 Å². The Morgan fingerprint density at radius 1 is 1.26 bits per heavy atom. The van der Waals surface area contributed by atoms with Gasteiger partial charge in [-0.15, -0.1) is 10.2 Å². The first-order chi connectivity index (χ1) is 14.8. The molecule has 0 spiro atoms. The van der Waals surface area contributed by atoms with Gasteiger partial charge >= 0.3 is 0 Å². The average molecular weight is 427 g/mol. The minimum absolute atomic E-state index is 0.116. The number of aryl methyl sites for hydroxylation is 1. The normalized spacial score (nSPS) is 21.0. The monoisotopic (exact) mass is 426 g/mol. The highest BCUT2D eigenvalue weighted by molar-refractivity contribution is 5.80. The number of nitrogens with one attached hydrogen (secondary N) is 2. The SMILES string of the molecule is Cc1nnc(CN=C(NCC2CCCOC2C(C)(C)C)NC(C)c2ccccc2)n1C. The molecular formula is C24H38N6O. The zero-order chi connectivity index (χ0) is 22.4. The van der Waals surface area contributed by atoms with Crippen LogP contribution in [-0.4, -0.2) is 40.0 Å². The number of benzene rings is 1. The zero-order valence-corrected chi connectivity index (χ0v) is 19.9. The minimum atomic E-state index is 0.116. The Morgan fingerprint density at radius 2 is 2.00 bits per heavy atom. The summed E-state index contributed by atoms with van der Waals surface area (Å²) in [5.41, 5.74) is 1.34. The average Bonchev–Trinajstić information content (AvgIpc) is 3.08. The molecule has 31 heavy (non-hydrogen) atoms. The van der Waals surface area contributed by atoms with E-state index in [2.05, 4.69) is 72.8 Å². The van der Waals surface area contributed by atoms with Crippen LogP contribution in [0.15, 0.2) is 35.3 Å². The quantitative estimate of drug-likeness (QED) is 0.543. The van der Waals surface area contributed by atoms with Crippen molar-refractivity contribution in [3.63, 3.8) is 0 Å². The zero-order valence-electron chi connectivity index (χ0n) is 19.9. The Labute approximate surface area is 186 Å². The summed E-state index contributed by atoms with van der Waals surface area (Å²) < 4.78 is 8.14. The number of rotatable bonds is 6. The van der Waals surface area contributed by atoms with Crippen LogP contribution in [0.3, 0.4) is 0 Å². The number of aliphatic imine (C=N–C) groups is 1. The molecule has 0 bridgehead atoms. The van der Waals surface area contributed by atoms with Crippen molar-refractivity contribution in [3.8, 4) is 0 Å². The number of ether oxygens (including phenoxy) is 1. The van der Waals surface area contributed by atoms with Crippen LogP contribution in [0.5, 0.6) is 0 Å². The summed E-state index contributed by atoms with van der Waals surface area (Å²) in [6.45, 7) is 13.0. The van der Waals surface area contributed by atoms with Crippen molar-refractivity contribution in [1.29, 1.82) is 0 Å². The Balaban J connectivity index is 1.73. The fraction of sp³-hybridized carbons (Fsp3) is 0.625. The second-order valence-electron chi connectivity index (χ2n) is 9.60. The molecule has 2 aromatic rings. The molecule has 1 aliphatic rings. The Hall–Kier alpha value is -2.41. The predicted octanol–water partition coefficient (Wildman–Crippen LogP) is 3.76. The first-order valence-electron chi connectivity index (χ1n) is 11.3. The van der Waals surface area contributed by atoms with Gasteiger partial charge in [-0.05, 0) is 37.7 Å². The topological polar surface area (TPSA) is 76.4 Å². The van der Waals surface area contributed by atoms with E-state index in [1.807, 2.05) is 24.6 Å². The van der Waals surface area contributed by atoms with Crippen molar-refractivity contribution < 1.29 is 4.74 Å². The van der Waals surface area contributed by atoms with Gasteiger partial charge in [0, 0.05) is 26.1 Å². The molecule has 3 atom stereocenters. The highest BCUT2D eigenvalue weighted by Gasteiger charge is 2.35. The number of hydrogen-bond donors (Lipinski definition) is 2. The first kappa shape index (κ1) is 23.3. The highest BCUT2D eigenvalue weighted by Crippen LogP contribution is 2.33. The fourth-order valence-electron chi connectivity index (χ4n) is 4.16. The molecule has 0 saturated carbocycles. The molecule has 7 nitrogen and oxygen atoms in total. The summed E-state index contributed by atoms with van der Waals surface area (Å²) in [6.07, 6.45) is 2.51. The number of guanidine groups is 1. The minimum Gasteiger partial charge on any atom is -0.377 e. The van der Waals surface area contributed by atoms with Crippen molar-refractivity contribution in [2.45, 2.75) is 66.2 Å². The molecule has 0 amide bonds. The van der Waals surface area contributed by atoms with Gasteiger partial charge in [-0.25, -0.2) is 4.99 Å². The van der Waals surface area contributed by atoms with Crippen LogP contribution in [-0.2, 0) is 18.3 Å². The van der Waals surface area contributed by atoms with Crippen molar-refractivity contribution in [3.05, 3.63) is 47.5 Å². The lowest BCUT2D eigenvalue weighted by atomic mass is 9.78. The molecule has 170 valence electrons. The molecule has 0 radical (unpaired) electrons. The lowest BCUT2D eigenvalue weighted by molar-refractivity contribution is -0.0835. The van der Waals surface area contributed by atoms with Gasteiger partial charge in [0.05, 0.1) is 12.1 Å². The third-order valence-corrected chi connectivity index (χ3v) is 6.04. The molecule has 0 aliphatic carbocycles. The maximum atomic E-state index is 6.16. The molecule has 1 aromatic heterocycles. The lowest BCUT2D eigenvalue weighted by Gasteiger charge is -2.40. The van der Waals surface area contributed by atoms with Crippen LogP contribution in [0.4, 0.5) is 0 Å². The summed E-state index contributed by atoms with van der Waals surface area (Å²) in [5, 5.41) is 15.5. The molecule has 2 heterocycles. The molecule has 3 unspecified atom stereocenters. The largest absolute Gasteiger partial charge is 0.377 e. The van der Waals surface area contributed by atoms with Gasteiger partial charge in [0.2, 0.25) is 0 Å². The van der Waals surface area contributed by atoms with Gasteiger partial charge in [0.25, 0.3) is 0 Å². The summed E-state index contributed by atoms with van der Waals surface area (Å²) in [6, 6.07) is 10.6. The third kappa shape index (κ3) is 6.29. The van der Waals surface area contributed by atoms with E-state index in [0.717, 1.165) is 37.2 Å². The number of hydrogen-bond acceptors (Lipinski definition) is 4. The van der Waals surface area contributed by atoms with E-state index in [1.54, 1.807) is 0 Å². The van der Waals surface area contributed by atoms with E-state index in [9.17, 15) is 0 Å². The Kier molecular flexibility index (Phi) is 7.70. The summed E-state index contributed by atoms with van der Waals surface area (Å²) >= 11 is 0. The van der Waals surface area contributed by atoms with Gasteiger partial charge in [-0.3, -0.25) is 0 Å². The summed E-state index contributed by atoms with van der Waals surface area (Å²) in [5.74, 6) is 2.97. The van der Waals surface area contributed by atoms with E-state index >= 15 is 0 Å². The van der Waals surface area contributed by atoms with Crippen molar-refractivity contribution in [1.82, 2.24) is 25.4 Å². The van der Waals surface area contributed by atoms with E-state index in [-0.39, 0.29) is 17.6 Å². The molecular weight excluding hydrogens is 388 g/mol. The molecule has 2 N–H and O–H groups in total. The number of aromatic nitrogens is 3. The lowest BCUT2D eigenvalue weighted by Crippen LogP contribution is -2.47. The molecule has 1 saturated heterocycles. The van der Waals surface area contributed by atoms with E-state index in [4.69, 9.17) is 9.73 Å². The summed E-state index contributed by atoms with van der Waals surface area (Å²) in [7, 11) is 1.97. The predicted molar refractivity (Wildman–Crippen MR) is 125 cm³/mol. The molecule has 1 aliphatic heterocycles. The second kappa shape index (κ2) is 10.3. The Morgan fingerprint density at radius 3 is 2.65 bits per heavy atom. The summed E-state index contributed by atoms with van der Waals surface area (Å²) in [4.78, 5) is 4.84. The first-order valence-corrected chi connectivity index (χ1v) is 11.3. The van der Waals surface area contributed by atoms with Gasteiger partial charge < -0.3 is 19.9 Å². The van der Waals surface area contributed by atoms with Gasteiger partial charge in [-0.1, -0.05) is 51.1 Å². The third-order valence-electron chi connectivity index (χ3n) is 6.04. The maximum absolute atomic E-state index is 6.16. The molecule has 7 heteroatoms. The van der Waals surface area contributed by atoms with Crippen molar-refractivity contribution in [2.24, 2.45) is 23.4 Å². The van der Waals surface area contributed by atoms with Gasteiger partial charge in [0.1, 0.15) is 12.4 Å². The van der Waals surface area contributed by atoms with Crippen LogP contribution < -0.4 is 10.6 Å². The number of nitrogens with zero attached hydrogens (tertiary/aromatic N) is 4. The second-order valence-corrected chi connectivity index (χ2v) is 9.60. The van der Waals surface area contributed by atoms with Crippen LogP contribution in [0, 0.1) is 18.3 Å². The van der Waals surface area contributed by atoms with E-state index in [0.29, 0.717) is 12.5 Å². The van der Waals surface area contributed by atoms with E-state index in [1.165, 1.54) is 12.0 Å². The van der Waals surface area contributed by atoms with Crippen LogP contribution in [0.25, 0.3) is 0 Å². The van der Waals surface area contributed by atoms with E-state index < -0.39 is 0 Å².